The smallest absolute Gasteiger partial charge is 0.250 e. The lowest BCUT2D eigenvalue weighted by Gasteiger charge is -2.11. The van der Waals surface area contributed by atoms with Gasteiger partial charge in [0, 0.05) is 23.8 Å². The lowest BCUT2D eigenvalue weighted by Crippen LogP contribution is -2.12. The van der Waals surface area contributed by atoms with Crippen molar-refractivity contribution in [2.24, 2.45) is 5.73 Å². The second-order valence-electron chi connectivity index (χ2n) is 5.44. The number of rotatable bonds is 6. The Kier molecular flexibility index (Phi) is 4.52. The number of carbonyl (C=O) groups is 1. The van der Waals surface area contributed by atoms with Crippen molar-refractivity contribution in [2.75, 3.05) is 11.9 Å². The first kappa shape index (κ1) is 15.0. The minimum atomic E-state index is -0.454. The maximum atomic E-state index is 11.5. The second-order valence-corrected chi connectivity index (χ2v) is 5.44. The predicted octanol–water partition coefficient (Wildman–Crippen LogP) is 3.38. The molecule has 1 heterocycles. The fraction of sp³-hybridized carbons (Fsp3) is 0.158. The number of aryl methyl sites for hydroxylation is 1. The number of aromatic nitrogens is 1. The van der Waals surface area contributed by atoms with Gasteiger partial charge in [-0.05, 0) is 42.7 Å². The van der Waals surface area contributed by atoms with E-state index in [2.05, 4.69) is 34.6 Å². The summed E-state index contributed by atoms with van der Waals surface area (Å²) in [6.45, 7) is 0.856. The highest BCUT2D eigenvalue weighted by Gasteiger charge is 2.10. The Bertz CT molecular complexity index is 815. The molecule has 0 spiro atoms. The summed E-state index contributed by atoms with van der Waals surface area (Å²) in [5, 5.41) is 4.35. The van der Waals surface area contributed by atoms with Crippen molar-refractivity contribution >= 4 is 22.5 Å². The van der Waals surface area contributed by atoms with Crippen molar-refractivity contribution in [1.29, 1.82) is 0 Å². The van der Waals surface area contributed by atoms with Gasteiger partial charge >= 0.3 is 0 Å². The average molecular weight is 305 g/mol. The van der Waals surface area contributed by atoms with Crippen LogP contribution in [-0.2, 0) is 6.42 Å². The Balaban J connectivity index is 1.71. The Morgan fingerprint density at radius 1 is 1.04 bits per heavy atom. The summed E-state index contributed by atoms with van der Waals surface area (Å²) in [6, 6.07) is 17.9. The molecule has 1 aromatic heterocycles. The molecule has 0 saturated heterocycles. The van der Waals surface area contributed by atoms with E-state index in [1.807, 2.05) is 24.3 Å². The van der Waals surface area contributed by atoms with Crippen LogP contribution in [0.15, 0.2) is 60.8 Å². The van der Waals surface area contributed by atoms with E-state index in [9.17, 15) is 4.79 Å². The van der Waals surface area contributed by atoms with E-state index in [4.69, 9.17) is 5.73 Å². The zero-order valence-corrected chi connectivity index (χ0v) is 12.8. The molecule has 4 nitrogen and oxygen atoms in total. The van der Waals surface area contributed by atoms with Gasteiger partial charge in [0.25, 0.3) is 5.91 Å². The number of nitrogens with one attached hydrogen (secondary N) is 1. The molecular weight excluding hydrogens is 286 g/mol. The van der Waals surface area contributed by atoms with Crippen LogP contribution in [0.1, 0.15) is 22.3 Å². The number of primary amides is 1. The van der Waals surface area contributed by atoms with Crippen molar-refractivity contribution in [3.8, 4) is 0 Å². The Labute approximate surface area is 135 Å². The lowest BCUT2D eigenvalue weighted by atomic mass is 10.1. The number of hydrogen-bond acceptors (Lipinski definition) is 3. The molecule has 1 amide bonds. The van der Waals surface area contributed by atoms with Crippen molar-refractivity contribution in [1.82, 2.24) is 4.98 Å². The topological polar surface area (TPSA) is 68.0 Å². The molecule has 3 aromatic rings. The molecule has 0 aliphatic heterocycles. The molecule has 0 atom stereocenters. The number of carbonyl (C=O) groups excluding carboxylic acids is 1. The number of hydrogen-bond donors (Lipinski definition) is 2. The zero-order chi connectivity index (χ0) is 16.1. The van der Waals surface area contributed by atoms with Crippen LogP contribution in [0.25, 0.3) is 10.9 Å². The van der Waals surface area contributed by atoms with Crippen LogP contribution in [0.3, 0.4) is 0 Å². The van der Waals surface area contributed by atoms with Gasteiger partial charge in [-0.1, -0.05) is 30.3 Å². The average Bonchev–Trinajstić information content (AvgIpc) is 2.59. The van der Waals surface area contributed by atoms with Gasteiger partial charge in [0.2, 0.25) is 0 Å². The van der Waals surface area contributed by atoms with E-state index in [1.165, 1.54) is 5.56 Å². The van der Waals surface area contributed by atoms with Crippen molar-refractivity contribution < 1.29 is 4.79 Å². The van der Waals surface area contributed by atoms with Gasteiger partial charge in [-0.2, -0.15) is 0 Å². The predicted molar refractivity (Wildman–Crippen MR) is 93.5 cm³/mol. The molecule has 2 aromatic carbocycles. The van der Waals surface area contributed by atoms with Crippen LogP contribution in [0.4, 0.5) is 5.69 Å². The number of pyridine rings is 1. The van der Waals surface area contributed by atoms with Gasteiger partial charge in [-0.15, -0.1) is 0 Å². The van der Waals surface area contributed by atoms with Crippen LogP contribution in [0.2, 0.25) is 0 Å². The van der Waals surface area contributed by atoms with E-state index in [0.29, 0.717) is 11.1 Å². The van der Waals surface area contributed by atoms with Crippen LogP contribution in [-0.4, -0.2) is 17.4 Å². The standard InChI is InChI=1S/C19H19N3O/c20-19(23)16-10-11-17(15-9-5-13-22-18(15)16)21-12-4-8-14-6-2-1-3-7-14/h1-3,5-7,9-11,13,21H,4,8,12H2,(H2,20,23). The number of anilines is 1. The molecule has 0 fully saturated rings. The quantitative estimate of drug-likeness (QED) is 0.686. The van der Waals surface area contributed by atoms with E-state index in [-0.39, 0.29) is 0 Å². The number of nitrogens with two attached hydrogens (primary N) is 1. The summed E-state index contributed by atoms with van der Waals surface area (Å²) in [5.41, 5.74) is 8.83. The van der Waals surface area contributed by atoms with Gasteiger partial charge in [0.15, 0.2) is 0 Å². The Morgan fingerprint density at radius 2 is 1.87 bits per heavy atom. The third-order valence-electron chi connectivity index (χ3n) is 3.84. The van der Waals surface area contributed by atoms with Crippen molar-refractivity contribution in [2.45, 2.75) is 12.8 Å². The molecule has 3 rings (SSSR count). The number of fused-ring (bicyclic) bond motifs is 1. The fourth-order valence-electron chi connectivity index (χ4n) is 2.69. The second kappa shape index (κ2) is 6.92. The van der Waals surface area contributed by atoms with Gasteiger partial charge in [-0.25, -0.2) is 0 Å². The monoisotopic (exact) mass is 305 g/mol. The molecule has 0 aliphatic carbocycles. The SMILES string of the molecule is NC(=O)c1ccc(NCCCc2ccccc2)c2cccnc12. The normalized spacial score (nSPS) is 10.6. The Morgan fingerprint density at radius 3 is 2.65 bits per heavy atom. The summed E-state index contributed by atoms with van der Waals surface area (Å²) in [5.74, 6) is -0.454. The summed E-state index contributed by atoms with van der Waals surface area (Å²) < 4.78 is 0. The van der Waals surface area contributed by atoms with Crippen LogP contribution < -0.4 is 11.1 Å². The maximum Gasteiger partial charge on any atom is 0.250 e. The third kappa shape index (κ3) is 3.48. The maximum absolute atomic E-state index is 11.5. The molecule has 4 heteroatoms. The fourth-order valence-corrected chi connectivity index (χ4v) is 2.69. The first-order valence-electron chi connectivity index (χ1n) is 7.71. The highest BCUT2D eigenvalue weighted by atomic mass is 16.1. The molecule has 0 bridgehead atoms. The van der Waals surface area contributed by atoms with Gasteiger partial charge in [-0.3, -0.25) is 9.78 Å². The molecular formula is C19H19N3O. The molecule has 0 radical (unpaired) electrons. The van der Waals surface area contributed by atoms with E-state index < -0.39 is 5.91 Å². The lowest BCUT2D eigenvalue weighted by molar-refractivity contribution is 0.100. The highest BCUT2D eigenvalue weighted by molar-refractivity contribution is 6.07. The number of nitrogens with zero attached hydrogens (tertiary/aromatic N) is 1. The number of amides is 1. The van der Waals surface area contributed by atoms with Gasteiger partial charge < -0.3 is 11.1 Å². The minimum Gasteiger partial charge on any atom is -0.384 e. The number of benzene rings is 2. The zero-order valence-electron chi connectivity index (χ0n) is 12.8. The largest absolute Gasteiger partial charge is 0.384 e. The van der Waals surface area contributed by atoms with Crippen molar-refractivity contribution in [3.63, 3.8) is 0 Å². The first-order chi connectivity index (χ1) is 11.3. The molecule has 0 unspecified atom stereocenters. The van der Waals surface area contributed by atoms with Crippen LogP contribution in [0, 0.1) is 0 Å². The molecule has 3 N–H and O–H groups in total. The van der Waals surface area contributed by atoms with E-state index in [0.717, 1.165) is 30.5 Å². The van der Waals surface area contributed by atoms with Crippen LogP contribution >= 0.6 is 0 Å². The summed E-state index contributed by atoms with van der Waals surface area (Å²) >= 11 is 0. The van der Waals surface area contributed by atoms with Gasteiger partial charge in [0.05, 0.1) is 11.1 Å². The van der Waals surface area contributed by atoms with Crippen molar-refractivity contribution in [3.05, 3.63) is 71.9 Å². The first-order valence-corrected chi connectivity index (χ1v) is 7.71. The summed E-state index contributed by atoms with van der Waals surface area (Å²) in [6.07, 6.45) is 3.74. The Hall–Kier alpha value is -2.88. The van der Waals surface area contributed by atoms with E-state index >= 15 is 0 Å². The van der Waals surface area contributed by atoms with E-state index in [1.54, 1.807) is 12.3 Å². The molecule has 23 heavy (non-hydrogen) atoms. The minimum absolute atomic E-state index is 0.454. The summed E-state index contributed by atoms with van der Waals surface area (Å²) in [7, 11) is 0. The molecule has 116 valence electrons. The van der Waals surface area contributed by atoms with Gasteiger partial charge in [0.1, 0.15) is 0 Å². The molecule has 0 aliphatic rings. The summed E-state index contributed by atoms with van der Waals surface area (Å²) in [4.78, 5) is 15.8. The van der Waals surface area contributed by atoms with Crippen LogP contribution in [0.5, 0.6) is 0 Å². The highest BCUT2D eigenvalue weighted by Crippen LogP contribution is 2.24. The third-order valence-corrected chi connectivity index (χ3v) is 3.84. The molecule has 0 saturated carbocycles.